The Hall–Kier alpha value is -2.87. The number of aromatic nitrogens is 2. The highest BCUT2D eigenvalue weighted by Gasteiger charge is 2.22. The summed E-state index contributed by atoms with van der Waals surface area (Å²) >= 11 is 0. The van der Waals surface area contributed by atoms with Crippen LogP contribution in [0.25, 0.3) is 5.69 Å². The number of nitrogens with zero attached hydrogens (tertiary/aromatic N) is 4. The minimum atomic E-state index is -0.258. The molecule has 29 heavy (non-hydrogen) atoms. The first kappa shape index (κ1) is 20.9. The van der Waals surface area contributed by atoms with Crippen LogP contribution < -0.4 is 5.32 Å². The van der Waals surface area contributed by atoms with E-state index in [0.29, 0.717) is 32.7 Å². The summed E-state index contributed by atoms with van der Waals surface area (Å²) in [6, 6.07) is 9.86. The molecule has 1 aromatic carbocycles. The molecular weight excluding hydrogens is 370 g/mol. The normalized spacial score (nSPS) is 14.7. The summed E-state index contributed by atoms with van der Waals surface area (Å²) in [6.07, 6.45) is 0.140. The number of ether oxygens (including phenoxy) is 1. The number of hydrogen-bond donors (Lipinski definition) is 1. The Kier molecular flexibility index (Phi) is 6.87. The van der Waals surface area contributed by atoms with Crippen molar-refractivity contribution in [2.45, 2.75) is 27.2 Å². The molecule has 1 N–H and O–H groups in total. The first-order valence-corrected chi connectivity index (χ1v) is 10.0. The Morgan fingerprint density at radius 1 is 1.10 bits per heavy atom. The Labute approximate surface area is 171 Å². The van der Waals surface area contributed by atoms with Crippen LogP contribution in [0, 0.1) is 13.8 Å². The molecule has 1 saturated heterocycles. The molecule has 0 aliphatic carbocycles. The molecule has 0 bridgehead atoms. The molecule has 0 radical (unpaired) electrons. The zero-order valence-electron chi connectivity index (χ0n) is 17.4. The molecule has 1 aliphatic heterocycles. The second-order valence-corrected chi connectivity index (χ2v) is 7.12. The Bertz CT molecular complexity index is 842. The molecule has 2 heterocycles. The number of rotatable bonds is 6. The van der Waals surface area contributed by atoms with Gasteiger partial charge < -0.3 is 15.0 Å². The van der Waals surface area contributed by atoms with Gasteiger partial charge in [-0.2, -0.15) is 5.10 Å². The number of carbonyl (C=O) groups excluding carboxylic acids is 2. The second-order valence-electron chi connectivity index (χ2n) is 7.12. The molecule has 8 nitrogen and oxygen atoms in total. The van der Waals surface area contributed by atoms with Crippen LogP contribution in [0.2, 0.25) is 0 Å². The van der Waals surface area contributed by atoms with Crippen LogP contribution in [0.5, 0.6) is 0 Å². The summed E-state index contributed by atoms with van der Waals surface area (Å²) in [7, 11) is 0. The Morgan fingerprint density at radius 3 is 2.45 bits per heavy atom. The number of amides is 2. The van der Waals surface area contributed by atoms with Crippen LogP contribution in [0.1, 0.15) is 24.7 Å². The van der Waals surface area contributed by atoms with E-state index in [1.54, 1.807) is 11.8 Å². The van der Waals surface area contributed by atoms with Gasteiger partial charge in [-0.1, -0.05) is 18.2 Å². The number of anilines is 1. The van der Waals surface area contributed by atoms with E-state index < -0.39 is 0 Å². The van der Waals surface area contributed by atoms with E-state index >= 15 is 0 Å². The minimum absolute atomic E-state index is 0.0309. The standard InChI is InChI=1S/C21H29N5O3/c1-4-29-21(28)25-14-12-24(13-15-25)11-10-19(27)22-20-16(2)23-26(17(20)3)18-8-6-5-7-9-18/h5-9H,4,10-15H2,1-3H3,(H,22,27). The summed E-state index contributed by atoms with van der Waals surface area (Å²) in [5, 5.41) is 7.58. The molecule has 8 heteroatoms. The largest absolute Gasteiger partial charge is 0.450 e. The highest BCUT2D eigenvalue weighted by Crippen LogP contribution is 2.22. The average Bonchev–Trinajstić information content (AvgIpc) is 3.01. The lowest BCUT2D eigenvalue weighted by Crippen LogP contribution is -2.49. The third kappa shape index (κ3) is 5.14. The van der Waals surface area contributed by atoms with E-state index in [1.165, 1.54) is 0 Å². The fourth-order valence-corrected chi connectivity index (χ4v) is 3.47. The van der Waals surface area contributed by atoms with Crippen molar-refractivity contribution >= 4 is 17.7 Å². The van der Waals surface area contributed by atoms with Gasteiger partial charge in [0.2, 0.25) is 5.91 Å². The lowest BCUT2D eigenvalue weighted by Gasteiger charge is -2.33. The monoisotopic (exact) mass is 399 g/mol. The van der Waals surface area contributed by atoms with Crippen LogP contribution in [0.15, 0.2) is 30.3 Å². The molecule has 1 aliphatic rings. The van der Waals surface area contributed by atoms with Crippen molar-refractivity contribution in [1.29, 1.82) is 0 Å². The van der Waals surface area contributed by atoms with Gasteiger partial charge in [0.1, 0.15) is 0 Å². The molecule has 2 aromatic rings. The van der Waals surface area contributed by atoms with E-state index in [9.17, 15) is 9.59 Å². The summed E-state index contributed by atoms with van der Waals surface area (Å²) in [4.78, 5) is 28.2. The van der Waals surface area contributed by atoms with Gasteiger partial charge in [-0.25, -0.2) is 9.48 Å². The van der Waals surface area contributed by atoms with E-state index in [0.717, 1.165) is 35.9 Å². The van der Waals surface area contributed by atoms with Gasteiger partial charge in [0.05, 0.1) is 29.4 Å². The van der Waals surface area contributed by atoms with Crippen LogP contribution >= 0.6 is 0 Å². The van der Waals surface area contributed by atoms with E-state index in [-0.39, 0.29) is 12.0 Å². The number of carbonyl (C=O) groups is 2. The van der Waals surface area contributed by atoms with E-state index in [4.69, 9.17) is 4.74 Å². The van der Waals surface area contributed by atoms with Crippen molar-refractivity contribution in [3.8, 4) is 5.69 Å². The van der Waals surface area contributed by atoms with Crippen molar-refractivity contribution in [2.75, 3.05) is 44.6 Å². The molecular formula is C21H29N5O3. The lowest BCUT2D eigenvalue weighted by molar-refractivity contribution is -0.116. The zero-order valence-corrected chi connectivity index (χ0v) is 17.4. The van der Waals surface area contributed by atoms with Crippen molar-refractivity contribution in [3.05, 3.63) is 41.7 Å². The summed E-state index contributed by atoms with van der Waals surface area (Å²) in [6.45, 7) is 9.46. The smallest absolute Gasteiger partial charge is 0.409 e. The maximum atomic E-state index is 12.5. The SMILES string of the molecule is CCOC(=O)N1CCN(CCC(=O)Nc2c(C)nn(-c3ccccc3)c2C)CC1. The molecule has 3 rings (SSSR count). The zero-order chi connectivity index (χ0) is 20.8. The third-order valence-corrected chi connectivity index (χ3v) is 5.11. The summed E-state index contributed by atoms with van der Waals surface area (Å²) < 4.78 is 6.88. The predicted octanol–water partition coefficient (Wildman–Crippen LogP) is 2.59. The maximum absolute atomic E-state index is 12.5. The molecule has 0 atom stereocenters. The molecule has 1 aromatic heterocycles. The fraction of sp³-hybridized carbons (Fsp3) is 0.476. The molecule has 1 fully saturated rings. The van der Waals surface area contributed by atoms with Crippen LogP contribution in [-0.2, 0) is 9.53 Å². The fourth-order valence-electron chi connectivity index (χ4n) is 3.47. The average molecular weight is 399 g/mol. The van der Waals surface area contributed by atoms with Gasteiger partial charge in [0, 0.05) is 39.1 Å². The van der Waals surface area contributed by atoms with Crippen molar-refractivity contribution in [1.82, 2.24) is 19.6 Å². The van der Waals surface area contributed by atoms with Gasteiger partial charge in [-0.3, -0.25) is 9.69 Å². The molecule has 0 unspecified atom stereocenters. The Balaban J connectivity index is 1.51. The highest BCUT2D eigenvalue weighted by atomic mass is 16.6. The summed E-state index contributed by atoms with van der Waals surface area (Å²) in [5.74, 6) is -0.0309. The van der Waals surface area contributed by atoms with Gasteiger partial charge in [0.15, 0.2) is 0 Å². The van der Waals surface area contributed by atoms with Gasteiger partial charge in [-0.15, -0.1) is 0 Å². The van der Waals surface area contributed by atoms with Crippen LogP contribution in [0.4, 0.5) is 10.5 Å². The lowest BCUT2D eigenvalue weighted by atomic mass is 10.2. The highest BCUT2D eigenvalue weighted by molar-refractivity contribution is 5.92. The first-order chi connectivity index (χ1) is 14.0. The number of aryl methyl sites for hydroxylation is 1. The minimum Gasteiger partial charge on any atom is -0.450 e. The molecule has 0 spiro atoms. The third-order valence-electron chi connectivity index (χ3n) is 5.11. The number of hydrogen-bond acceptors (Lipinski definition) is 5. The second kappa shape index (κ2) is 9.56. The Morgan fingerprint density at radius 2 is 1.79 bits per heavy atom. The van der Waals surface area contributed by atoms with Crippen LogP contribution in [-0.4, -0.2) is 70.9 Å². The number of nitrogens with one attached hydrogen (secondary N) is 1. The first-order valence-electron chi connectivity index (χ1n) is 10.0. The topological polar surface area (TPSA) is 79.7 Å². The summed E-state index contributed by atoms with van der Waals surface area (Å²) in [5.41, 5.74) is 3.44. The van der Waals surface area contributed by atoms with Gasteiger partial charge >= 0.3 is 6.09 Å². The number of piperazine rings is 1. The predicted molar refractivity (Wildman–Crippen MR) is 111 cm³/mol. The van der Waals surface area contributed by atoms with Gasteiger partial charge in [0.25, 0.3) is 0 Å². The molecule has 2 amide bonds. The van der Waals surface area contributed by atoms with Crippen molar-refractivity contribution in [3.63, 3.8) is 0 Å². The van der Waals surface area contributed by atoms with Gasteiger partial charge in [-0.05, 0) is 32.9 Å². The van der Waals surface area contributed by atoms with E-state index in [2.05, 4.69) is 15.3 Å². The maximum Gasteiger partial charge on any atom is 0.409 e. The quantitative estimate of drug-likeness (QED) is 0.808. The number of para-hydroxylation sites is 1. The van der Waals surface area contributed by atoms with E-state index in [1.807, 2.05) is 48.9 Å². The molecule has 0 saturated carbocycles. The number of benzene rings is 1. The molecule has 156 valence electrons. The van der Waals surface area contributed by atoms with Crippen molar-refractivity contribution < 1.29 is 14.3 Å². The van der Waals surface area contributed by atoms with Crippen LogP contribution in [0.3, 0.4) is 0 Å². The van der Waals surface area contributed by atoms with Crippen molar-refractivity contribution in [2.24, 2.45) is 0 Å².